The minimum absolute atomic E-state index is 0.0714. The van der Waals surface area contributed by atoms with Crippen LogP contribution in [0.5, 0.6) is 0 Å². The summed E-state index contributed by atoms with van der Waals surface area (Å²) in [7, 11) is 0. The van der Waals surface area contributed by atoms with E-state index in [1.54, 1.807) is 0 Å². The molecule has 2 rings (SSSR count). The summed E-state index contributed by atoms with van der Waals surface area (Å²) in [6.45, 7) is 2.90. The van der Waals surface area contributed by atoms with Crippen molar-refractivity contribution in [3.05, 3.63) is 11.1 Å². The van der Waals surface area contributed by atoms with Crippen LogP contribution in [0.1, 0.15) is 46.0 Å². The standard InChI is InChI=1S/C21H32N2O10/c1-11-13(20(30)33-19(11)29)6-7-15(26)22-8-4-3-5-9-31-21-16(23-12(2)25)18(28)17(27)14(10-24)32-21/h14,16-18,21,24,27-28H,3-10H2,1-2H3,(H,22,26)(H,23,25)/t14-,16-,17+,18-,21?/m0/s1. The number of nitrogens with one attached hydrogen (secondary N) is 2. The highest BCUT2D eigenvalue weighted by atomic mass is 16.7. The molecule has 186 valence electrons. The molecule has 0 bridgehead atoms. The number of carbonyl (C=O) groups excluding carboxylic acids is 4. The molecule has 2 aliphatic rings. The van der Waals surface area contributed by atoms with E-state index in [-0.39, 0.29) is 36.5 Å². The topological polar surface area (TPSA) is 181 Å². The summed E-state index contributed by atoms with van der Waals surface area (Å²) in [4.78, 5) is 46.1. The summed E-state index contributed by atoms with van der Waals surface area (Å²) in [5.41, 5.74) is 0.471. The molecule has 12 nitrogen and oxygen atoms in total. The average Bonchev–Trinajstić information content (AvgIpc) is 3.01. The molecule has 1 saturated heterocycles. The second-order valence-corrected chi connectivity index (χ2v) is 7.99. The zero-order valence-corrected chi connectivity index (χ0v) is 18.7. The summed E-state index contributed by atoms with van der Waals surface area (Å²) in [6, 6.07) is -0.981. The fraction of sp³-hybridized carbons (Fsp3) is 0.714. The Kier molecular flexibility index (Phi) is 10.4. The van der Waals surface area contributed by atoms with Crippen LogP contribution in [0.3, 0.4) is 0 Å². The average molecular weight is 472 g/mol. The molecular formula is C21H32N2O10. The van der Waals surface area contributed by atoms with Crippen molar-refractivity contribution in [1.82, 2.24) is 10.6 Å². The van der Waals surface area contributed by atoms with E-state index in [9.17, 15) is 34.5 Å². The Balaban J connectivity index is 1.64. The smallest absolute Gasteiger partial charge is 0.342 e. The number of aliphatic hydroxyl groups excluding tert-OH is 3. The van der Waals surface area contributed by atoms with Gasteiger partial charge in [0.15, 0.2) is 6.29 Å². The molecule has 2 aliphatic heterocycles. The largest absolute Gasteiger partial charge is 0.394 e. The Morgan fingerprint density at radius 1 is 1.09 bits per heavy atom. The maximum Gasteiger partial charge on any atom is 0.342 e. The molecule has 0 aromatic carbocycles. The van der Waals surface area contributed by atoms with E-state index >= 15 is 0 Å². The van der Waals surface area contributed by atoms with Crippen LogP contribution < -0.4 is 10.6 Å². The van der Waals surface area contributed by atoms with Gasteiger partial charge in [0, 0.05) is 37.6 Å². The van der Waals surface area contributed by atoms with Crippen molar-refractivity contribution in [1.29, 1.82) is 0 Å². The molecule has 5 atom stereocenters. The van der Waals surface area contributed by atoms with Crippen molar-refractivity contribution in [2.45, 2.75) is 76.6 Å². The third-order valence-corrected chi connectivity index (χ3v) is 5.47. The van der Waals surface area contributed by atoms with Crippen LogP contribution in [0.25, 0.3) is 0 Å². The van der Waals surface area contributed by atoms with Crippen molar-refractivity contribution >= 4 is 23.8 Å². The third kappa shape index (κ3) is 7.57. The number of cyclic esters (lactones) is 2. The molecule has 2 heterocycles. The van der Waals surface area contributed by atoms with Gasteiger partial charge >= 0.3 is 11.9 Å². The molecule has 0 aromatic heterocycles. The van der Waals surface area contributed by atoms with Gasteiger partial charge in [-0.15, -0.1) is 0 Å². The van der Waals surface area contributed by atoms with Gasteiger partial charge in [0.2, 0.25) is 11.8 Å². The van der Waals surface area contributed by atoms with Gasteiger partial charge in [-0.25, -0.2) is 9.59 Å². The van der Waals surface area contributed by atoms with E-state index in [0.29, 0.717) is 25.8 Å². The van der Waals surface area contributed by atoms with Gasteiger partial charge in [-0.3, -0.25) is 9.59 Å². The van der Waals surface area contributed by atoms with Crippen LogP contribution in [0.15, 0.2) is 11.1 Å². The fourth-order valence-electron chi connectivity index (χ4n) is 3.56. The van der Waals surface area contributed by atoms with Crippen LogP contribution in [0.2, 0.25) is 0 Å². The quantitative estimate of drug-likeness (QED) is 0.126. The highest BCUT2D eigenvalue weighted by Gasteiger charge is 2.45. The summed E-state index contributed by atoms with van der Waals surface area (Å²) >= 11 is 0. The fourth-order valence-corrected chi connectivity index (χ4v) is 3.56. The number of carbonyl (C=O) groups is 4. The van der Waals surface area contributed by atoms with Crippen molar-refractivity contribution in [2.75, 3.05) is 19.8 Å². The molecule has 0 spiro atoms. The summed E-state index contributed by atoms with van der Waals surface area (Å²) in [5, 5.41) is 34.7. The van der Waals surface area contributed by atoms with Gasteiger partial charge in [-0.2, -0.15) is 0 Å². The minimum Gasteiger partial charge on any atom is -0.394 e. The van der Waals surface area contributed by atoms with E-state index < -0.39 is 55.1 Å². The lowest BCUT2D eigenvalue weighted by Crippen LogP contribution is -2.64. The second-order valence-electron chi connectivity index (χ2n) is 7.99. The van der Waals surface area contributed by atoms with E-state index in [4.69, 9.17) is 9.47 Å². The highest BCUT2D eigenvalue weighted by molar-refractivity contribution is 6.12. The number of unbranched alkanes of at least 4 members (excludes halogenated alkanes) is 2. The number of rotatable bonds is 12. The van der Waals surface area contributed by atoms with Crippen molar-refractivity contribution in [3.8, 4) is 0 Å². The zero-order valence-electron chi connectivity index (χ0n) is 18.7. The molecule has 0 aliphatic carbocycles. The van der Waals surface area contributed by atoms with E-state index in [0.717, 1.165) is 0 Å². The molecule has 12 heteroatoms. The van der Waals surface area contributed by atoms with E-state index in [1.807, 2.05) is 0 Å². The van der Waals surface area contributed by atoms with Crippen molar-refractivity contribution < 1.29 is 48.7 Å². The molecule has 1 fully saturated rings. The number of ether oxygens (including phenoxy) is 3. The van der Waals surface area contributed by atoms with Crippen LogP contribution in [-0.4, -0.2) is 89.5 Å². The Morgan fingerprint density at radius 2 is 1.82 bits per heavy atom. The van der Waals surface area contributed by atoms with Crippen LogP contribution in [0, 0.1) is 0 Å². The van der Waals surface area contributed by atoms with Gasteiger partial charge in [0.25, 0.3) is 0 Å². The van der Waals surface area contributed by atoms with Crippen LogP contribution in [0.4, 0.5) is 0 Å². The summed E-state index contributed by atoms with van der Waals surface area (Å²) < 4.78 is 15.6. The number of esters is 2. The van der Waals surface area contributed by atoms with Crippen molar-refractivity contribution in [2.24, 2.45) is 0 Å². The number of amides is 2. The predicted molar refractivity (Wildman–Crippen MR) is 111 cm³/mol. The maximum atomic E-state index is 11.9. The maximum absolute atomic E-state index is 11.9. The van der Waals surface area contributed by atoms with E-state index in [2.05, 4.69) is 15.4 Å². The minimum atomic E-state index is -1.37. The lowest BCUT2D eigenvalue weighted by atomic mass is 9.97. The molecule has 2 amide bonds. The van der Waals surface area contributed by atoms with Gasteiger partial charge in [-0.1, -0.05) is 0 Å². The molecule has 0 saturated carbocycles. The Bertz CT molecular complexity index is 768. The molecule has 1 unspecified atom stereocenters. The number of hydrogen-bond donors (Lipinski definition) is 5. The number of hydrogen-bond acceptors (Lipinski definition) is 10. The summed E-state index contributed by atoms with van der Waals surface area (Å²) in [6.07, 6.45) is -2.60. The van der Waals surface area contributed by atoms with Gasteiger partial charge < -0.3 is 40.2 Å². The Hall–Kier alpha value is -2.38. The lowest BCUT2D eigenvalue weighted by Gasteiger charge is -2.42. The predicted octanol–water partition coefficient (Wildman–Crippen LogP) is -1.59. The van der Waals surface area contributed by atoms with Gasteiger partial charge in [0.1, 0.15) is 24.4 Å². The second kappa shape index (κ2) is 12.8. The SMILES string of the molecule is CC(=O)N[C@@H]1C(OCCCCCNC(=O)CCC2=C(C)C(=O)OC2=O)O[C@@H](CO)[C@@H](O)[C@H]1O. The first-order valence-electron chi connectivity index (χ1n) is 10.9. The Morgan fingerprint density at radius 3 is 2.42 bits per heavy atom. The molecule has 0 radical (unpaired) electrons. The van der Waals surface area contributed by atoms with Gasteiger partial charge in [-0.05, 0) is 32.6 Å². The van der Waals surface area contributed by atoms with Crippen LogP contribution in [-0.2, 0) is 33.4 Å². The van der Waals surface area contributed by atoms with Gasteiger partial charge in [0.05, 0.1) is 6.61 Å². The first-order valence-corrected chi connectivity index (χ1v) is 10.9. The first-order chi connectivity index (χ1) is 15.6. The summed E-state index contributed by atoms with van der Waals surface area (Å²) in [5.74, 6) is -2.03. The third-order valence-electron chi connectivity index (χ3n) is 5.47. The Labute approximate surface area is 191 Å². The van der Waals surface area contributed by atoms with E-state index in [1.165, 1.54) is 13.8 Å². The monoisotopic (exact) mass is 472 g/mol. The molecule has 5 N–H and O–H groups in total. The van der Waals surface area contributed by atoms with Crippen molar-refractivity contribution in [3.63, 3.8) is 0 Å². The highest BCUT2D eigenvalue weighted by Crippen LogP contribution is 2.23. The molecule has 0 aromatic rings. The first kappa shape index (κ1) is 26.9. The normalized spacial score (nSPS) is 27.5. The molecular weight excluding hydrogens is 440 g/mol. The van der Waals surface area contributed by atoms with Crippen LogP contribution >= 0.6 is 0 Å². The molecule has 33 heavy (non-hydrogen) atoms. The zero-order chi connectivity index (χ0) is 24.5. The lowest BCUT2D eigenvalue weighted by molar-refractivity contribution is -0.270. The number of aliphatic hydroxyl groups is 3.